The van der Waals surface area contributed by atoms with Crippen LogP contribution in [0, 0.1) is 0 Å². The Bertz CT molecular complexity index is 941. The molecule has 0 saturated carbocycles. The van der Waals surface area contributed by atoms with Gasteiger partial charge in [-0.3, -0.25) is 4.79 Å². The first-order valence-corrected chi connectivity index (χ1v) is 8.18. The number of hydrogen-bond acceptors (Lipinski definition) is 4. The van der Waals surface area contributed by atoms with Gasteiger partial charge in [-0.2, -0.15) is 0 Å². The third-order valence-electron chi connectivity index (χ3n) is 3.35. The number of nitrogens with zero attached hydrogens (tertiary/aromatic N) is 1. The summed E-state index contributed by atoms with van der Waals surface area (Å²) >= 11 is 18.0. The van der Waals surface area contributed by atoms with Gasteiger partial charge in [-0.05, 0) is 36.4 Å². The Morgan fingerprint density at radius 3 is 2.52 bits per heavy atom. The minimum atomic E-state index is -0.472. The minimum absolute atomic E-state index is 0.0862. The predicted molar refractivity (Wildman–Crippen MR) is 97.9 cm³/mol. The molecule has 0 aliphatic heterocycles. The Balaban J connectivity index is 1.85. The van der Waals surface area contributed by atoms with E-state index in [1.807, 2.05) is 0 Å². The molecule has 0 aliphatic carbocycles. The number of halogens is 3. The van der Waals surface area contributed by atoms with Crippen LogP contribution in [0.1, 0.15) is 10.5 Å². The number of hydrogen-bond donors (Lipinski definition) is 1. The van der Waals surface area contributed by atoms with Gasteiger partial charge >= 0.3 is 0 Å². The Labute approximate surface area is 158 Å². The lowest BCUT2D eigenvalue weighted by atomic mass is 10.1. The molecule has 25 heavy (non-hydrogen) atoms. The number of carbonyl (C=O) groups is 1. The molecule has 3 rings (SSSR count). The lowest BCUT2D eigenvalue weighted by molar-refractivity contribution is 0.101. The van der Waals surface area contributed by atoms with Crippen molar-refractivity contribution in [3.63, 3.8) is 0 Å². The molecule has 8 heteroatoms. The average Bonchev–Trinajstić information content (AvgIpc) is 3.05. The minimum Gasteiger partial charge on any atom is -0.495 e. The molecule has 0 unspecified atom stereocenters. The largest absolute Gasteiger partial charge is 0.495 e. The van der Waals surface area contributed by atoms with E-state index in [-0.39, 0.29) is 5.69 Å². The maximum absolute atomic E-state index is 12.4. The van der Waals surface area contributed by atoms with Crippen molar-refractivity contribution in [3.05, 3.63) is 63.2 Å². The third kappa shape index (κ3) is 3.90. The molecule has 0 fully saturated rings. The van der Waals surface area contributed by atoms with Crippen LogP contribution >= 0.6 is 34.8 Å². The van der Waals surface area contributed by atoms with Crippen molar-refractivity contribution in [2.75, 3.05) is 12.4 Å². The SMILES string of the molecule is COc1ccc(Cl)cc1NC(=O)c1cc(-c2ccc(Cl)cc2Cl)on1. The summed E-state index contributed by atoms with van der Waals surface area (Å²) < 4.78 is 10.4. The number of methoxy groups -OCH3 is 1. The van der Waals surface area contributed by atoms with Gasteiger partial charge in [-0.1, -0.05) is 40.0 Å². The smallest absolute Gasteiger partial charge is 0.277 e. The standard InChI is InChI=1S/C17H11Cl3N2O3/c1-24-15-5-3-10(19)7-13(15)21-17(23)14-8-16(25-22-14)11-4-2-9(18)6-12(11)20/h2-8H,1H3,(H,21,23). The summed E-state index contributed by atoms with van der Waals surface area (Å²) in [5.41, 5.74) is 1.09. The van der Waals surface area contributed by atoms with Crippen molar-refractivity contribution in [2.45, 2.75) is 0 Å². The summed E-state index contributed by atoms with van der Waals surface area (Å²) in [4.78, 5) is 12.4. The summed E-state index contributed by atoms with van der Waals surface area (Å²) in [7, 11) is 1.50. The lowest BCUT2D eigenvalue weighted by Crippen LogP contribution is -2.12. The number of nitrogens with one attached hydrogen (secondary N) is 1. The number of benzene rings is 2. The van der Waals surface area contributed by atoms with Crippen LogP contribution in [0.3, 0.4) is 0 Å². The van der Waals surface area contributed by atoms with Crippen LogP contribution in [0.25, 0.3) is 11.3 Å². The molecule has 0 radical (unpaired) electrons. The van der Waals surface area contributed by atoms with Gasteiger partial charge in [0.05, 0.1) is 17.8 Å². The van der Waals surface area contributed by atoms with E-state index in [4.69, 9.17) is 44.1 Å². The fourth-order valence-corrected chi connectivity index (χ4v) is 2.84. The molecule has 5 nitrogen and oxygen atoms in total. The molecule has 128 valence electrons. The highest BCUT2D eigenvalue weighted by Crippen LogP contribution is 2.31. The van der Waals surface area contributed by atoms with Gasteiger partial charge in [0, 0.05) is 21.7 Å². The van der Waals surface area contributed by atoms with Crippen molar-refractivity contribution in [3.8, 4) is 17.1 Å². The van der Waals surface area contributed by atoms with Crippen LogP contribution in [0.4, 0.5) is 5.69 Å². The average molecular weight is 398 g/mol. The zero-order valence-corrected chi connectivity index (χ0v) is 15.1. The molecule has 1 amide bonds. The highest BCUT2D eigenvalue weighted by molar-refractivity contribution is 6.36. The van der Waals surface area contributed by atoms with Crippen LogP contribution < -0.4 is 10.1 Å². The Morgan fingerprint density at radius 1 is 1.08 bits per heavy atom. The summed E-state index contributed by atoms with van der Waals surface area (Å²) in [5.74, 6) is 0.354. The summed E-state index contributed by atoms with van der Waals surface area (Å²) in [6, 6.07) is 11.3. The van der Waals surface area contributed by atoms with Crippen molar-refractivity contribution in [2.24, 2.45) is 0 Å². The van der Waals surface area contributed by atoms with E-state index < -0.39 is 5.91 Å². The second-order valence-electron chi connectivity index (χ2n) is 5.00. The van der Waals surface area contributed by atoms with Gasteiger partial charge in [0.15, 0.2) is 11.5 Å². The highest BCUT2D eigenvalue weighted by Gasteiger charge is 2.17. The lowest BCUT2D eigenvalue weighted by Gasteiger charge is -2.09. The number of ether oxygens (including phenoxy) is 1. The van der Waals surface area contributed by atoms with Crippen molar-refractivity contribution < 1.29 is 14.1 Å². The molecule has 2 aromatic carbocycles. The monoisotopic (exact) mass is 396 g/mol. The van der Waals surface area contributed by atoms with Crippen molar-refractivity contribution in [1.82, 2.24) is 5.16 Å². The summed E-state index contributed by atoms with van der Waals surface area (Å²) in [5, 5.41) is 7.82. The van der Waals surface area contributed by atoms with Gasteiger partial charge in [-0.25, -0.2) is 0 Å². The van der Waals surface area contributed by atoms with Crippen molar-refractivity contribution in [1.29, 1.82) is 0 Å². The van der Waals surface area contributed by atoms with Crippen LogP contribution in [0.2, 0.25) is 15.1 Å². The molecular weight excluding hydrogens is 387 g/mol. The highest BCUT2D eigenvalue weighted by atomic mass is 35.5. The molecule has 1 N–H and O–H groups in total. The molecule has 0 atom stereocenters. The molecule has 1 aromatic heterocycles. The normalized spacial score (nSPS) is 10.6. The van der Waals surface area contributed by atoms with Crippen LogP contribution in [0.5, 0.6) is 5.75 Å². The molecule has 3 aromatic rings. The van der Waals surface area contributed by atoms with E-state index in [0.717, 1.165) is 0 Å². The van der Waals surface area contributed by atoms with Gasteiger partial charge in [0.2, 0.25) is 0 Å². The molecule has 0 aliphatic rings. The first-order chi connectivity index (χ1) is 12.0. The van der Waals surface area contributed by atoms with Gasteiger partial charge in [0.25, 0.3) is 5.91 Å². The molecule has 0 bridgehead atoms. The number of anilines is 1. The van der Waals surface area contributed by atoms with Gasteiger partial charge in [0.1, 0.15) is 5.75 Å². The second-order valence-corrected chi connectivity index (χ2v) is 6.28. The number of amides is 1. The van der Waals surface area contributed by atoms with E-state index in [0.29, 0.717) is 37.8 Å². The third-order valence-corrected chi connectivity index (χ3v) is 4.13. The Morgan fingerprint density at radius 2 is 1.80 bits per heavy atom. The zero-order valence-electron chi connectivity index (χ0n) is 12.8. The van der Waals surface area contributed by atoms with Gasteiger partial charge in [-0.15, -0.1) is 0 Å². The second kappa shape index (κ2) is 7.35. The topological polar surface area (TPSA) is 64.4 Å². The Hall–Kier alpha value is -2.21. The van der Waals surface area contributed by atoms with Crippen LogP contribution in [-0.2, 0) is 0 Å². The summed E-state index contributed by atoms with van der Waals surface area (Å²) in [6.07, 6.45) is 0. The Kier molecular flexibility index (Phi) is 5.18. The van der Waals surface area contributed by atoms with E-state index >= 15 is 0 Å². The van der Waals surface area contributed by atoms with Gasteiger partial charge < -0.3 is 14.6 Å². The maximum Gasteiger partial charge on any atom is 0.277 e. The molecule has 0 saturated heterocycles. The van der Waals surface area contributed by atoms with Crippen molar-refractivity contribution >= 4 is 46.4 Å². The fourth-order valence-electron chi connectivity index (χ4n) is 2.16. The number of carbonyl (C=O) groups excluding carboxylic acids is 1. The van der Waals surface area contributed by atoms with E-state index in [1.54, 1.807) is 36.4 Å². The fraction of sp³-hybridized carbons (Fsp3) is 0.0588. The number of aromatic nitrogens is 1. The van der Waals surface area contributed by atoms with Crippen LogP contribution in [0.15, 0.2) is 47.0 Å². The summed E-state index contributed by atoms with van der Waals surface area (Å²) in [6.45, 7) is 0. The van der Waals surface area contributed by atoms with E-state index in [9.17, 15) is 4.79 Å². The first kappa shape index (κ1) is 17.6. The maximum atomic E-state index is 12.4. The molecule has 0 spiro atoms. The van der Waals surface area contributed by atoms with E-state index in [1.165, 1.54) is 13.2 Å². The first-order valence-electron chi connectivity index (χ1n) is 7.05. The predicted octanol–water partition coefficient (Wildman–Crippen LogP) is 5.56. The zero-order chi connectivity index (χ0) is 18.0. The van der Waals surface area contributed by atoms with Crippen LogP contribution in [-0.4, -0.2) is 18.2 Å². The quantitative estimate of drug-likeness (QED) is 0.625. The number of rotatable bonds is 4. The molecular formula is C17H11Cl3N2O3. The molecule has 1 heterocycles. The van der Waals surface area contributed by atoms with E-state index in [2.05, 4.69) is 10.5 Å².